The summed E-state index contributed by atoms with van der Waals surface area (Å²) in [6.07, 6.45) is 0. The van der Waals surface area contributed by atoms with Gasteiger partial charge >= 0.3 is 0 Å². The SMILES string of the molecule is Brc1cccc(C2CNCCNC2)c1. The molecule has 0 radical (unpaired) electrons. The Balaban J connectivity index is 2.12. The minimum atomic E-state index is 0.593. The maximum atomic E-state index is 3.51. The van der Waals surface area contributed by atoms with Crippen LogP contribution in [0.3, 0.4) is 0 Å². The molecule has 1 aromatic carbocycles. The maximum Gasteiger partial charge on any atom is 0.0178 e. The highest BCUT2D eigenvalue weighted by atomic mass is 79.9. The molecule has 1 fully saturated rings. The van der Waals surface area contributed by atoms with Gasteiger partial charge in [0.15, 0.2) is 0 Å². The minimum Gasteiger partial charge on any atom is -0.315 e. The largest absolute Gasteiger partial charge is 0.315 e. The zero-order valence-electron chi connectivity index (χ0n) is 8.09. The average Bonchev–Trinajstić information content (AvgIpc) is 2.45. The van der Waals surface area contributed by atoms with E-state index in [0.29, 0.717) is 5.92 Å². The van der Waals surface area contributed by atoms with Crippen LogP contribution in [0.1, 0.15) is 11.5 Å². The molecule has 0 aliphatic carbocycles. The highest BCUT2D eigenvalue weighted by Gasteiger charge is 2.13. The first-order valence-corrected chi connectivity index (χ1v) is 5.82. The lowest BCUT2D eigenvalue weighted by Crippen LogP contribution is -2.21. The Bertz CT molecular complexity index is 293. The third-order valence-electron chi connectivity index (χ3n) is 2.58. The highest BCUT2D eigenvalue weighted by Crippen LogP contribution is 2.19. The van der Waals surface area contributed by atoms with E-state index in [4.69, 9.17) is 0 Å². The number of rotatable bonds is 1. The van der Waals surface area contributed by atoms with Crippen LogP contribution in [0.15, 0.2) is 28.7 Å². The normalized spacial score (nSPS) is 19.2. The van der Waals surface area contributed by atoms with Gasteiger partial charge in [0.25, 0.3) is 0 Å². The molecule has 0 aromatic heterocycles. The summed E-state index contributed by atoms with van der Waals surface area (Å²) in [5, 5.41) is 6.87. The Labute approximate surface area is 93.2 Å². The second-order valence-electron chi connectivity index (χ2n) is 3.66. The molecule has 2 nitrogen and oxygen atoms in total. The average molecular weight is 255 g/mol. The molecule has 0 amide bonds. The third-order valence-corrected chi connectivity index (χ3v) is 3.07. The summed E-state index contributed by atoms with van der Waals surface area (Å²) in [4.78, 5) is 0. The fourth-order valence-corrected chi connectivity index (χ4v) is 2.21. The van der Waals surface area contributed by atoms with Crippen molar-refractivity contribution >= 4 is 15.9 Å². The molecule has 1 saturated heterocycles. The monoisotopic (exact) mass is 254 g/mol. The predicted octanol–water partition coefficient (Wildman–Crippen LogP) is 1.73. The summed E-state index contributed by atoms with van der Waals surface area (Å²) in [5.41, 5.74) is 1.40. The molecular weight excluding hydrogens is 240 g/mol. The van der Waals surface area contributed by atoms with E-state index in [0.717, 1.165) is 26.2 Å². The van der Waals surface area contributed by atoms with Crippen LogP contribution >= 0.6 is 15.9 Å². The first kappa shape index (κ1) is 10.1. The summed E-state index contributed by atoms with van der Waals surface area (Å²) >= 11 is 3.51. The molecule has 0 atom stereocenters. The molecule has 1 aromatic rings. The van der Waals surface area contributed by atoms with Gasteiger partial charge in [0.05, 0.1) is 0 Å². The highest BCUT2D eigenvalue weighted by molar-refractivity contribution is 9.10. The van der Waals surface area contributed by atoms with Crippen molar-refractivity contribution in [2.75, 3.05) is 26.2 Å². The first-order valence-electron chi connectivity index (χ1n) is 5.03. The van der Waals surface area contributed by atoms with E-state index in [1.807, 2.05) is 0 Å². The molecule has 2 N–H and O–H groups in total. The predicted molar refractivity (Wildman–Crippen MR) is 62.6 cm³/mol. The standard InChI is InChI=1S/C11H15BrN2/c12-11-3-1-2-9(6-11)10-7-13-4-5-14-8-10/h1-3,6,10,13-14H,4-5,7-8H2. The Kier molecular flexibility index (Phi) is 3.56. The van der Waals surface area contributed by atoms with E-state index >= 15 is 0 Å². The number of nitrogens with one attached hydrogen (secondary N) is 2. The number of benzene rings is 1. The van der Waals surface area contributed by atoms with Gasteiger partial charge in [-0.15, -0.1) is 0 Å². The van der Waals surface area contributed by atoms with Gasteiger partial charge in [0.1, 0.15) is 0 Å². The minimum absolute atomic E-state index is 0.593. The zero-order chi connectivity index (χ0) is 9.80. The molecule has 0 saturated carbocycles. The smallest absolute Gasteiger partial charge is 0.0178 e. The Morgan fingerprint density at radius 3 is 2.50 bits per heavy atom. The lowest BCUT2D eigenvalue weighted by molar-refractivity contribution is 0.628. The molecule has 1 aliphatic heterocycles. The lowest BCUT2D eigenvalue weighted by atomic mass is 9.99. The third kappa shape index (κ3) is 2.56. The molecule has 2 rings (SSSR count). The van der Waals surface area contributed by atoms with Crippen LogP contribution < -0.4 is 10.6 Å². The van der Waals surface area contributed by atoms with Crippen molar-refractivity contribution in [2.24, 2.45) is 0 Å². The van der Waals surface area contributed by atoms with Gasteiger partial charge in [0, 0.05) is 36.6 Å². The maximum absolute atomic E-state index is 3.51. The molecule has 14 heavy (non-hydrogen) atoms. The van der Waals surface area contributed by atoms with Crippen LogP contribution in [-0.4, -0.2) is 26.2 Å². The molecule has 1 heterocycles. The van der Waals surface area contributed by atoms with E-state index in [1.165, 1.54) is 10.0 Å². The van der Waals surface area contributed by atoms with Crippen molar-refractivity contribution in [3.05, 3.63) is 34.3 Å². The second kappa shape index (κ2) is 4.91. The molecule has 76 valence electrons. The van der Waals surface area contributed by atoms with E-state index in [1.54, 1.807) is 0 Å². The van der Waals surface area contributed by atoms with Gasteiger partial charge in [-0.1, -0.05) is 28.1 Å². The summed E-state index contributed by atoms with van der Waals surface area (Å²) in [6.45, 7) is 4.29. The molecule has 0 spiro atoms. The molecule has 1 aliphatic rings. The number of hydrogen-bond acceptors (Lipinski definition) is 2. The van der Waals surface area contributed by atoms with Crippen LogP contribution in [0.5, 0.6) is 0 Å². The van der Waals surface area contributed by atoms with Crippen LogP contribution in [0.4, 0.5) is 0 Å². The van der Waals surface area contributed by atoms with Gasteiger partial charge in [-0.2, -0.15) is 0 Å². The Hall–Kier alpha value is -0.380. The molecule has 3 heteroatoms. The van der Waals surface area contributed by atoms with Gasteiger partial charge in [-0.25, -0.2) is 0 Å². The number of halogens is 1. The van der Waals surface area contributed by atoms with Gasteiger partial charge in [-0.05, 0) is 17.7 Å². The van der Waals surface area contributed by atoms with Crippen LogP contribution in [-0.2, 0) is 0 Å². The molecular formula is C11H15BrN2. The molecule has 0 bridgehead atoms. The van der Waals surface area contributed by atoms with Crippen molar-refractivity contribution < 1.29 is 0 Å². The number of hydrogen-bond donors (Lipinski definition) is 2. The fourth-order valence-electron chi connectivity index (χ4n) is 1.80. The van der Waals surface area contributed by atoms with Crippen LogP contribution in [0, 0.1) is 0 Å². The zero-order valence-corrected chi connectivity index (χ0v) is 9.68. The fraction of sp³-hybridized carbons (Fsp3) is 0.455. The Morgan fingerprint density at radius 1 is 1.14 bits per heavy atom. The first-order chi connectivity index (χ1) is 6.86. The lowest BCUT2D eigenvalue weighted by Gasteiger charge is -2.14. The summed E-state index contributed by atoms with van der Waals surface area (Å²) in [7, 11) is 0. The van der Waals surface area contributed by atoms with Crippen LogP contribution in [0.25, 0.3) is 0 Å². The quantitative estimate of drug-likeness (QED) is 0.798. The van der Waals surface area contributed by atoms with Gasteiger partial charge in [-0.3, -0.25) is 0 Å². The van der Waals surface area contributed by atoms with Crippen molar-refractivity contribution in [2.45, 2.75) is 5.92 Å². The van der Waals surface area contributed by atoms with Crippen molar-refractivity contribution in [1.82, 2.24) is 10.6 Å². The topological polar surface area (TPSA) is 24.1 Å². The van der Waals surface area contributed by atoms with E-state index in [2.05, 4.69) is 50.8 Å². The summed E-state index contributed by atoms with van der Waals surface area (Å²) in [6, 6.07) is 8.58. The summed E-state index contributed by atoms with van der Waals surface area (Å²) in [5.74, 6) is 0.593. The van der Waals surface area contributed by atoms with Crippen molar-refractivity contribution in [3.8, 4) is 0 Å². The summed E-state index contributed by atoms with van der Waals surface area (Å²) < 4.78 is 1.17. The van der Waals surface area contributed by atoms with Crippen molar-refractivity contribution in [3.63, 3.8) is 0 Å². The van der Waals surface area contributed by atoms with Crippen molar-refractivity contribution in [1.29, 1.82) is 0 Å². The second-order valence-corrected chi connectivity index (χ2v) is 4.58. The molecule has 0 unspecified atom stereocenters. The van der Waals surface area contributed by atoms with Gasteiger partial charge in [0.2, 0.25) is 0 Å². The van der Waals surface area contributed by atoms with Crippen LogP contribution in [0.2, 0.25) is 0 Å². The van der Waals surface area contributed by atoms with Gasteiger partial charge < -0.3 is 10.6 Å². The Morgan fingerprint density at radius 2 is 1.86 bits per heavy atom. The van der Waals surface area contributed by atoms with E-state index < -0.39 is 0 Å². The van der Waals surface area contributed by atoms with E-state index in [9.17, 15) is 0 Å². The van der Waals surface area contributed by atoms with E-state index in [-0.39, 0.29) is 0 Å².